The summed E-state index contributed by atoms with van der Waals surface area (Å²) in [6, 6.07) is 0. The Morgan fingerprint density at radius 2 is 1.29 bits per heavy atom. The molecular formula is C18H29N3. The Bertz CT molecular complexity index is 659. The first-order valence-corrected chi connectivity index (χ1v) is 7.72. The molecule has 0 aliphatic heterocycles. The van der Waals surface area contributed by atoms with Gasteiger partial charge in [0.25, 0.3) is 0 Å². The molecule has 2 rings (SSSR count). The van der Waals surface area contributed by atoms with Crippen LogP contribution in [0, 0.1) is 0 Å². The SMILES string of the molecule is CC(C)(C)c1nccn2c(C(C)(C)C)nc(C(C)(C)C)c12. The second kappa shape index (κ2) is 4.56. The van der Waals surface area contributed by atoms with E-state index < -0.39 is 0 Å². The van der Waals surface area contributed by atoms with Gasteiger partial charge in [0, 0.05) is 28.6 Å². The molecule has 2 aromatic rings. The summed E-state index contributed by atoms with van der Waals surface area (Å²) in [5, 5.41) is 0. The maximum absolute atomic E-state index is 5.03. The fourth-order valence-electron chi connectivity index (χ4n) is 2.64. The maximum Gasteiger partial charge on any atom is 0.119 e. The van der Waals surface area contributed by atoms with E-state index in [4.69, 9.17) is 4.98 Å². The number of nitrogens with zero attached hydrogens (tertiary/aromatic N) is 3. The third kappa shape index (κ3) is 2.83. The van der Waals surface area contributed by atoms with Crippen molar-refractivity contribution >= 4 is 5.52 Å². The van der Waals surface area contributed by atoms with Crippen LogP contribution in [0.2, 0.25) is 0 Å². The van der Waals surface area contributed by atoms with E-state index >= 15 is 0 Å². The van der Waals surface area contributed by atoms with Crippen molar-refractivity contribution < 1.29 is 0 Å². The second-order valence-corrected chi connectivity index (χ2v) is 9.03. The highest BCUT2D eigenvalue weighted by atomic mass is 15.1. The van der Waals surface area contributed by atoms with Crippen molar-refractivity contribution in [2.24, 2.45) is 0 Å². The van der Waals surface area contributed by atoms with Gasteiger partial charge in [0.1, 0.15) is 5.82 Å². The summed E-state index contributed by atoms with van der Waals surface area (Å²) in [5.74, 6) is 1.11. The summed E-state index contributed by atoms with van der Waals surface area (Å²) < 4.78 is 2.24. The summed E-state index contributed by atoms with van der Waals surface area (Å²) in [4.78, 5) is 9.72. The minimum Gasteiger partial charge on any atom is -0.300 e. The first-order valence-electron chi connectivity index (χ1n) is 7.72. The molecule has 0 bridgehead atoms. The van der Waals surface area contributed by atoms with Gasteiger partial charge in [-0.05, 0) is 0 Å². The lowest BCUT2D eigenvalue weighted by Gasteiger charge is -2.23. The van der Waals surface area contributed by atoms with Crippen LogP contribution in [0.25, 0.3) is 5.52 Å². The molecule has 0 N–H and O–H groups in total. The fourth-order valence-corrected chi connectivity index (χ4v) is 2.64. The number of hydrogen-bond acceptors (Lipinski definition) is 2. The van der Waals surface area contributed by atoms with Crippen LogP contribution in [-0.4, -0.2) is 14.4 Å². The lowest BCUT2D eigenvalue weighted by atomic mass is 9.86. The molecule has 0 amide bonds. The first kappa shape index (κ1) is 16.0. The van der Waals surface area contributed by atoms with Gasteiger partial charge < -0.3 is 0 Å². The molecule has 0 spiro atoms. The minimum absolute atomic E-state index is 0.00220. The summed E-state index contributed by atoms with van der Waals surface area (Å²) in [5.41, 5.74) is 3.45. The zero-order chi connectivity index (χ0) is 16.2. The number of aromatic nitrogens is 3. The summed E-state index contributed by atoms with van der Waals surface area (Å²) in [7, 11) is 0. The molecule has 3 heteroatoms. The Hall–Kier alpha value is -1.38. The first-order chi connectivity index (χ1) is 9.33. The number of hydrogen-bond donors (Lipinski definition) is 0. The third-order valence-corrected chi connectivity index (χ3v) is 3.65. The Kier molecular flexibility index (Phi) is 3.47. The van der Waals surface area contributed by atoms with Crippen molar-refractivity contribution in [3.05, 3.63) is 29.6 Å². The quantitative estimate of drug-likeness (QED) is 0.707. The number of imidazole rings is 1. The van der Waals surface area contributed by atoms with Crippen LogP contribution in [0.3, 0.4) is 0 Å². The normalized spacial score (nSPS) is 14.0. The van der Waals surface area contributed by atoms with Crippen LogP contribution >= 0.6 is 0 Å². The van der Waals surface area contributed by atoms with Crippen molar-refractivity contribution in [2.75, 3.05) is 0 Å². The van der Waals surface area contributed by atoms with Gasteiger partial charge >= 0.3 is 0 Å². The molecule has 21 heavy (non-hydrogen) atoms. The molecule has 3 nitrogen and oxygen atoms in total. The second-order valence-electron chi connectivity index (χ2n) is 9.03. The van der Waals surface area contributed by atoms with E-state index in [9.17, 15) is 0 Å². The topological polar surface area (TPSA) is 30.2 Å². The monoisotopic (exact) mass is 287 g/mol. The standard InChI is InChI=1S/C18H29N3/c1-16(2,3)13-12-14(17(4,5)6)20-15(18(7,8)9)21(12)11-10-19-13/h10-11H,1-9H3. The molecule has 0 unspecified atom stereocenters. The van der Waals surface area contributed by atoms with Gasteiger partial charge in [0.15, 0.2) is 0 Å². The van der Waals surface area contributed by atoms with E-state index in [1.807, 2.05) is 12.4 Å². The molecule has 2 aromatic heterocycles. The molecule has 116 valence electrons. The lowest BCUT2D eigenvalue weighted by molar-refractivity contribution is 0.528. The Labute approximate surface area is 128 Å². The molecule has 0 aliphatic carbocycles. The van der Waals surface area contributed by atoms with Gasteiger partial charge in [-0.1, -0.05) is 62.3 Å². The minimum atomic E-state index is -0.00228. The van der Waals surface area contributed by atoms with Crippen molar-refractivity contribution in [2.45, 2.75) is 78.6 Å². The van der Waals surface area contributed by atoms with Gasteiger partial charge in [0.2, 0.25) is 0 Å². The largest absolute Gasteiger partial charge is 0.300 e. The van der Waals surface area contributed by atoms with Crippen molar-refractivity contribution in [3.63, 3.8) is 0 Å². The van der Waals surface area contributed by atoms with E-state index in [2.05, 4.69) is 71.7 Å². The van der Waals surface area contributed by atoms with E-state index in [1.165, 1.54) is 5.52 Å². The zero-order valence-corrected chi connectivity index (χ0v) is 15.0. The molecule has 0 fully saturated rings. The van der Waals surface area contributed by atoms with Gasteiger partial charge in [-0.25, -0.2) is 4.98 Å². The molecule has 2 heterocycles. The summed E-state index contributed by atoms with van der Waals surface area (Å²) in [6.45, 7) is 20.0. The predicted octanol–water partition coefficient (Wildman–Crippen LogP) is 4.62. The highest BCUT2D eigenvalue weighted by Crippen LogP contribution is 2.35. The molecule has 0 atom stereocenters. The lowest BCUT2D eigenvalue weighted by Crippen LogP contribution is -2.19. The van der Waals surface area contributed by atoms with Crippen LogP contribution in [0.4, 0.5) is 0 Å². The average molecular weight is 287 g/mol. The van der Waals surface area contributed by atoms with E-state index in [-0.39, 0.29) is 16.2 Å². The number of fused-ring (bicyclic) bond motifs is 1. The zero-order valence-electron chi connectivity index (χ0n) is 15.0. The molecular weight excluding hydrogens is 258 g/mol. The van der Waals surface area contributed by atoms with Crippen LogP contribution in [-0.2, 0) is 16.2 Å². The third-order valence-electron chi connectivity index (χ3n) is 3.65. The van der Waals surface area contributed by atoms with Crippen LogP contribution in [0.5, 0.6) is 0 Å². The molecule has 0 saturated carbocycles. The Balaban J connectivity index is 2.97. The van der Waals surface area contributed by atoms with E-state index in [0.29, 0.717) is 0 Å². The number of rotatable bonds is 0. The van der Waals surface area contributed by atoms with E-state index in [1.54, 1.807) is 0 Å². The predicted molar refractivity (Wildman–Crippen MR) is 89.1 cm³/mol. The van der Waals surface area contributed by atoms with Gasteiger partial charge in [-0.3, -0.25) is 9.38 Å². The average Bonchev–Trinajstić information content (AvgIpc) is 2.65. The molecule has 0 aliphatic rings. The molecule has 0 saturated heterocycles. The molecule has 0 radical (unpaired) electrons. The van der Waals surface area contributed by atoms with Crippen LogP contribution in [0.15, 0.2) is 12.4 Å². The molecule has 0 aromatic carbocycles. The highest BCUT2D eigenvalue weighted by Gasteiger charge is 2.31. The van der Waals surface area contributed by atoms with Crippen molar-refractivity contribution in [1.82, 2.24) is 14.4 Å². The maximum atomic E-state index is 5.03. The van der Waals surface area contributed by atoms with Crippen molar-refractivity contribution in [1.29, 1.82) is 0 Å². The van der Waals surface area contributed by atoms with Gasteiger partial charge in [0.05, 0.1) is 16.9 Å². The fraction of sp³-hybridized carbons (Fsp3) is 0.667. The summed E-state index contributed by atoms with van der Waals surface area (Å²) >= 11 is 0. The van der Waals surface area contributed by atoms with Crippen LogP contribution in [0.1, 0.15) is 79.5 Å². The highest BCUT2D eigenvalue weighted by molar-refractivity contribution is 5.62. The Morgan fingerprint density at radius 1 is 0.762 bits per heavy atom. The van der Waals surface area contributed by atoms with Crippen LogP contribution < -0.4 is 0 Å². The van der Waals surface area contributed by atoms with E-state index in [0.717, 1.165) is 17.2 Å². The van der Waals surface area contributed by atoms with Gasteiger partial charge in [-0.15, -0.1) is 0 Å². The van der Waals surface area contributed by atoms with Crippen molar-refractivity contribution in [3.8, 4) is 0 Å². The van der Waals surface area contributed by atoms with Gasteiger partial charge in [-0.2, -0.15) is 0 Å². The Morgan fingerprint density at radius 3 is 1.71 bits per heavy atom. The summed E-state index contributed by atoms with van der Waals surface area (Å²) in [6.07, 6.45) is 3.95. The smallest absolute Gasteiger partial charge is 0.119 e.